The summed E-state index contributed by atoms with van der Waals surface area (Å²) >= 11 is 0. The van der Waals surface area contributed by atoms with Gasteiger partial charge in [0.2, 0.25) is 0 Å². The average Bonchev–Trinajstić information content (AvgIpc) is 2.31. The van der Waals surface area contributed by atoms with Crippen LogP contribution in [0.25, 0.3) is 0 Å². The predicted octanol–water partition coefficient (Wildman–Crippen LogP) is 2.71. The summed E-state index contributed by atoms with van der Waals surface area (Å²) < 4.78 is 47.4. The third-order valence-corrected chi connectivity index (χ3v) is 3.38. The zero-order valence-electron chi connectivity index (χ0n) is 11.0. The minimum absolute atomic E-state index is 0. The first-order valence-corrected chi connectivity index (χ1v) is 5.63. The van der Waals surface area contributed by atoms with E-state index < -0.39 is 36.9 Å². The van der Waals surface area contributed by atoms with Crippen LogP contribution in [0.2, 0.25) is 0 Å². The van der Waals surface area contributed by atoms with Crippen molar-refractivity contribution >= 4 is 19.5 Å². The molecular formula is C10H20BClF3NO2. The smallest absolute Gasteiger partial charge is 0.402 e. The van der Waals surface area contributed by atoms with Gasteiger partial charge in [0.15, 0.2) is 0 Å². The van der Waals surface area contributed by atoms with E-state index in [0.717, 1.165) is 0 Å². The molecule has 0 saturated carbocycles. The average molecular weight is 290 g/mol. The highest BCUT2D eigenvalue weighted by Crippen LogP contribution is 2.38. The van der Waals surface area contributed by atoms with Crippen LogP contribution in [0.1, 0.15) is 40.5 Å². The number of rotatable bonds is 3. The lowest BCUT2D eigenvalue weighted by Gasteiger charge is -2.32. The van der Waals surface area contributed by atoms with Crippen LogP contribution in [0.4, 0.5) is 13.2 Å². The Hall–Kier alpha value is 0.0249. The standard InChI is InChI=1S/C10H19BF3NO2.ClH/c1-8(2)9(3,4)17-11(16-8)7(15)5-6-10(12,13)14;/h7H,5-6,15H2,1-4H3;1H. The SMILES string of the molecule is CC1(C)OB(C(N)CCC(F)(F)F)OC1(C)C.Cl. The fourth-order valence-corrected chi connectivity index (χ4v) is 1.53. The summed E-state index contributed by atoms with van der Waals surface area (Å²) in [7, 11) is -0.776. The van der Waals surface area contributed by atoms with Gasteiger partial charge in [-0.1, -0.05) is 0 Å². The molecule has 108 valence electrons. The second kappa shape index (κ2) is 5.57. The third kappa shape index (κ3) is 4.29. The van der Waals surface area contributed by atoms with E-state index in [9.17, 15) is 13.2 Å². The largest absolute Gasteiger partial charge is 0.475 e. The second-order valence-electron chi connectivity index (χ2n) is 5.44. The first-order chi connectivity index (χ1) is 7.45. The quantitative estimate of drug-likeness (QED) is 0.813. The van der Waals surface area contributed by atoms with E-state index in [1.807, 2.05) is 27.7 Å². The van der Waals surface area contributed by atoms with E-state index in [1.165, 1.54) is 0 Å². The summed E-state index contributed by atoms with van der Waals surface area (Å²) in [5, 5.41) is 0. The van der Waals surface area contributed by atoms with Gasteiger partial charge in [-0.2, -0.15) is 13.2 Å². The number of nitrogens with two attached hydrogens (primary N) is 1. The highest BCUT2D eigenvalue weighted by molar-refractivity contribution is 6.47. The molecule has 8 heteroatoms. The van der Waals surface area contributed by atoms with E-state index in [1.54, 1.807) is 0 Å². The topological polar surface area (TPSA) is 44.5 Å². The molecule has 0 aromatic rings. The maximum Gasteiger partial charge on any atom is 0.475 e. The van der Waals surface area contributed by atoms with E-state index in [0.29, 0.717) is 0 Å². The Kier molecular flexibility index (Phi) is 5.57. The summed E-state index contributed by atoms with van der Waals surface area (Å²) in [5.74, 6) is -0.766. The molecule has 1 atom stereocenters. The van der Waals surface area contributed by atoms with Crippen molar-refractivity contribution in [3.63, 3.8) is 0 Å². The first-order valence-electron chi connectivity index (χ1n) is 5.63. The molecule has 1 aliphatic heterocycles. The van der Waals surface area contributed by atoms with E-state index in [2.05, 4.69) is 0 Å². The number of hydrogen-bond donors (Lipinski definition) is 1. The number of alkyl halides is 3. The van der Waals surface area contributed by atoms with E-state index in [4.69, 9.17) is 15.0 Å². The van der Waals surface area contributed by atoms with Crippen molar-refractivity contribution in [1.29, 1.82) is 0 Å². The van der Waals surface area contributed by atoms with Crippen LogP contribution >= 0.6 is 12.4 Å². The molecule has 0 spiro atoms. The molecule has 3 nitrogen and oxygen atoms in total. The van der Waals surface area contributed by atoms with E-state index in [-0.39, 0.29) is 18.8 Å². The Labute approximate surface area is 112 Å². The Morgan fingerprint density at radius 2 is 1.50 bits per heavy atom. The van der Waals surface area contributed by atoms with Gasteiger partial charge in [0.05, 0.1) is 11.2 Å². The zero-order chi connectivity index (χ0) is 13.5. The van der Waals surface area contributed by atoms with Crippen molar-refractivity contribution in [1.82, 2.24) is 0 Å². The van der Waals surface area contributed by atoms with Crippen molar-refractivity contribution in [3.05, 3.63) is 0 Å². The van der Waals surface area contributed by atoms with Crippen LogP contribution in [-0.2, 0) is 9.31 Å². The lowest BCUT2D eigenvalue weighted by atomic mass is 9.76. The molecule has 0 aromatic heterocycles. The molecule has 1 unspecified atom stereocenters. The molecule has 0 aliphatic carbocycles. The summed E-state index contributed by atoms with van der Waals surface area (Å²) in [6.45, 7) is 7.35. The van der Waals surface area contributed by atoms with Crippen molar-refractivity contribution in [2.75, 3.05) is 0 Å². The molecule has 1 fully saturated rings. The van der Waals surface area contributed by atoms with Gasteiger partial charge < -0.3 is 15.0 Å². The Morgan fingerprint density at radius 1 is 1.11 bits per heavy atom. The summed E-state index contributed by atoms with van der Waals surface area (Å²) in [4.78, 5) is 0. The summed E-state index contributed by atoms with van der Waals surface area (Å²) in [6.07, 6.45) is -5.31. The van der Waals surface area contributed by atoms with Gasteiger partial charge in [0.25, 0.3) is 0 Å². The summed E-state index contributed by atoms with van der Waals surface area (Å²) in [6, 6.07) is 0. The normalized spacial score (nSPS) is 23.7. The molecule has 1 heterocycles. The molecule has 0 radical (unpaired) electrons. The van der Waals surface area contributed by atoms with Crippen LogP contribution in [0.15, 0.2) is 0 Å². The highest BCUT2D eigenvalue weighted by Gasteiger charge is 2.53. The van der Waals surface area contributed by atoms with Crippen molar-refractivity contribution in [3.8, 4) is 0 Å². The molecule has 0 amide bonds. The molecule has 2 N–H and O–H groups in total. The predicted molar refractivity (Wildman–Crippen MR) is 66.6 cm³/mol. The maximum absolute atomic E-state index is 12.1. The van der Waals surface area contributed by atoms with E-state index >= 15 is 0 Å². The van der Waals surface area contributed by atoms with Gasteiger partial charge in [0.1, 0.15) is 0 Å². The molecule has 0 aromatic carbocycles. The van der Waals surface area contributed by atoms with Gasteiger partial charge in [-0.25, -0.2) is 0 Å². The molecule has 1 rings (SSSR count). The van der Waals surface area contributed by atoms with Crippen LogP contribution in [0.5, 0.6) is 0 Å². The minimum atomic E-state index is -4.19. The maximum atomic E-state index is 12.1. The molecular weight excluding hydrogens is 269 g/mol. The molecule has 18 heavy (non-hydrogen) atoms. The summed E-state index contributed by atoms with van der Waals surface area (Å²) in [5.41, 5.74) is 4.55. The number of halogens is 4. The lowest BCUT2D eigenvalue weighted by Crippen LogP contribution is -2.42. The van der Waals surface area contributed by atoms with Crippen LogP contribution < -0.4 is 5.73 Å². The molecule has 1 saturated heterocycles. The van der Waals surface area contributed by atoms with Crippen molar-refractivity contribution < 1.29 is 22.5 Å². The van der Waals surface area contributed by atoms with Gasteiger partial charge >= 0.3 is 13.3 Å². The van der Waals surface area contributed by atoms with Gasteiger partial charge in [-0.15, -0.1) is 12.4 Å². The Bertz CT molecular complexity index is 271. The van der Waals surface area contributed by atoms with Crippen LogP contribution in [0.3, 0.4) is 0 Å². The molecule has 0 bridgehead atoms. The Balaban J connectivity index is 0.00000289. The van der Waals surface area contributed by atoms with Gasteiger partial charge in [-0.05, 0) is 34.1 Å². The second-order valence-corrected chi connectivity index (χ2v) is 5.44. The monoisotopic (exact) mass is 289 g/mol. The minimum Gasteiger partial charge on any atom is -0.402 e. The van der Waals surface area contributed by atoms with Crippen molar-refractivity contribution in [2.45, 2.75) is 63.9 Å². The lowest BCUT2D eigenvalue weighted by molar-refractivity contribution is -0.135. The van der Waals surface area contributed by atoms with Crippen molar-refractivity contribution in [2.24, 2.45) is 5.73 Å². The fraction of sp³-hybridized carbons (Fsp3) is 1.00. The first kappa shape index (κ1) is 18.0. The van der Waals surface area contributed by atoms with Gasteiger partial charge in [0, 0.05) is 12.4 Å². The highest BCUT2D eigenvalue weighted by atomic mass is 35.5. The fourth-order valence-electron chi connectivity index (χ4n) is 1.53. The Morgan fingerprint density at radius 3 is 1.83 bits per heavy atom. The third-order valence-electron chi connectivity index (χ3n) is 3.38. The molecule has 1 aliphatic rings. The van der Waals surface area contributed by atoms with Crippen LogP contribution in [-0.4, -0.2) is 30.4 Å². The zero-order valence-corrected chi connectivity index (χ0v) is 11.8. The van der Waals surface area contributed by atoms with Gasteiger partial charge in [-0.3, -0.25) is 0 Å². The van der Waals surface area contributed by atoms with Crippen LogP contribution in [0, 0.1) is 0 Å². The number of hydrogen-bond acceptors (Lipinski definition) is 3.